The predicted octanol–water partition coefficient (Wildman–Crippen LogP) is 4.05. The van der Waals surface area contributed by atoms with Gasteiger partial charge >= 0.3 is 0 Å². The van der Waals surface area contributed by atoms with Gasteiger partial charge in [0.15, 0.2) is 0 Å². The molecule has 9 nitrogen and oxygen atoms in total. The Hall–Kier alpha value is -3.50. The van der Waals surface area contributed by atoms with Crippen molar-refractivity contribution in [2.45, 2.75) is 20.3 Å². The fourth-order valence-corrected chi connectivity index (χ4v) is 3.18. The molecule has 0 aliphatic carbocycles. The molecule has 0 atom stereocenters. The van der Waals surface area contributed by atoms with Gasteiger partial charge in [-0.15, -0.1) is 0 Å². The van der Waals surface area contributed by atoms with E-state index in [-0.39, 0.29) is 24.1 Å². The molecule has 2 aromatic carbocycles. The molecule has 0 unspecified atom stereocenters. The van der Waals surface area contributed by atoms with Crippen LogP contribution in [0.3, 0.4) is 0 Å². The maximum atomic E-state index is 13.5. The second-order valence-corrected chi connectivity index (χ2v) is 7.56. The molecule has 1 heterocycles. The topological polar surface area (TPSA) is 114 Å². The number of benzene rings is 2. The molecule has 3 N–H and O–H groups in total. The van der Waals surface area contributed by atoms with Gasteiger partial charge in [-0.25, -0.2) is 14.4 Å². The first kappa shape index (κ1) is 25.1. The molecule has 0 spiro atoms. The van der Waals surface area contributed by atoms with Gasteiger partial charge in [-0.3, -0.25) is 9.59 Å². The molecule has 0 bridgehead atoms. The summed E-state index contributed by atoms with van der Waals surface area (Å²) in [6, 6.07) is 7.55. The summed E-state index contributed by atoms with van der Waals surface area (Å²) in [5, 5.41) is 8.89. The van der Waals surface area contributed by atoms with Crippen molar-refractivity contribution in [3.05, 3.63) is 47.5 Å². The lowest BCUT2D eigenvalue weighted by atomic mass is 10.1. The van der Waals surface area contributed by atoms with Crippen molar-refractivity contribution >= 4 is 51.5 Å². The number of hydrogen-bond acceptors (Lipinski definition) is 7. The van der Waals surface area contributed by atoms with E-state index in [1.165, 1.54) is 24.5 Å². The Balaban J connectivity index is 1.81. The summed E-state index contributed by atoms with van der Waals surface area (Å²) in [5.41, 5.74) is 1.47. The normalized spacial score (nSPS) is 10.7. The average molecular weight is 490 g/mol. The number of rotatable bonds is 11. The number of nitrogens with zero attached hydrogens (tertiary/aromatic N) is 2. The molecule has 0 fully saturated rings. The van der Waals surface area contributed by atoms with Gasteiger partial charge in [0.05, 0.1) is 29.4 Å². The van der Waals surface area contributed by atoms with E-state index in [0.29, 0.717) is 47.1 Å². The molecule has 1 aromatic heterocycles. The van der Waals surface area contributed by atoms with Crippen LogP contribution in [0.25, 0.3) is 10.9 Å². The molecule has 180 valence electrons. The van der Waals surface area contributed by atoms with Crippen LogP contribution < -0.4 is 20.7 Å². The smallest absolute Gasteiger partial charge is 0.246 e. The van der Waals surface area contributed by atoms with Gasteiger partial charge in [0.2, 0.25) is 11.8 Å². The van der Waals surface area contributed by atoms with E-state index in [2.05, 4.69) is 25.9 Å². The fourth-order valence-electron chi connectivity index (χ4n) is 3.00. The number of halogens is 2. The zero-order valence-electron chi connectivity index (χ0n) is 18.8. The minimum atomic E-state index is -0.532. The summed E-state index contributed by atoms with van der Waals surface area (Å²) >= 11 is 5.87. The fraction of sp³-hybridized carbons (Fsp3) is 0.304. The lowest BCUT2D eigenvalue weighted by molar-refractivity contribution is -0.127. The molecule has 0 aliphatic rings. The third-order valence-corrected chi connectivity index (χ3v) is 4.81. The van der Waals surface area contributed by atoms with Crippen molar-refractivity contribution in [2.75, 3.05) is 37.0 Å². The highest BCUT2D eigenvalue weighted by atomic mass is 35.5. The number of aromatic nitrogens is 2. The van der Waals surface area contributed by atoms with Crippen LogP contribution in [0, 0.1) is 5.82 Å². The third-order valence-electron chi connectivity index (χ3n) is 4.52. The summed E-state index contributed by atoms with van der Waals surface area (Å²) in [7, 11) is 0. The number of anilines is 3. The highest BCUT2D eigenvalue weighted by Gasteiger charge is 2.14. The summed E-state index contributed by atoms with van der Waals surface area (Å²) < 4.78 is 24.3. The van der Waals surface area contributed by atoms with E-state index in [0.717, 1.165) is 6.42 Å². The number of fused-ring (bicyclic) bond motifs is 1. The Bertz CT molecular complexity index is 1180. The number of carbonyl (C=O) groups excluding carboxylic acids is 2. The first-order valence-electron chi connectivity index (χ1n) is 10.7. The third kappa shape index (κ3) is 6.75. The molecular weight excluding hydrogens is 465 g/mol. The van der Waals surface area contributed by atoms with Crippen molar-refractivity contribution in [3.63, 3.8) is 0 Å². The Kier molecular flexibility index (Phi) is 8.94. The van der Waals surface area contributed by atoms with Crippen LogP contribution in [0.4, 0.5) is 21.6 Å². The van der Waals surface area contributed by atoms with Gasteiger partial charge in [-0.05, 0) is 37.6 Å². The highest BCUT2D eigenvalue weighted by Crippen LogP contribution is 2.33. The average Bonchev–Trinajstić information content (AvgIpc) is 2.81. The molecule has 3 aromatic rings. The van der Waals surface area contributed by atoms with Crippen molar-refractivity contribution in [1.29, 1.82) is 0 Å². The number of nitrogens with one attached hydrogen (secondary N) is 3. The molecule has 3 rings (SSSR count). The Labute approximate surface area is 201 Å². The quantitative estimate of drug-likeness (QED) is 0.348. The van der Waals surface area contributed by atoms with Gasteiger partial charge in [0.1, 0.15) is 30.3 Å². The zero-order chi connectivity index (χ0) is 24.5. The molecule has 34 heavy (non-hydrogen) atoms. The van der Waals surface area contributed by atoms with E-state index in [9.17, 15) is 14.0 Å². The minimum absolute atomic E-state index is 0.0305. The molecule has 0 saturated heterocycles. The van der Waals surface area contributed by atoms with Crippen LogP contribution in [0.5, 0.6) is 5.75 Å². The van der Waals surface area contributed by atoms with E-state index in [1.807, 2.05) is 13.8 Å². The largest absolute Gasteiger partial charge is 0.492 e. The maximum Gasteiger partial charge on any atom is 0.246 e. The van der Waals surface area contributed by atoms with E-state index in [4.69, 9.17) is 21.1 Å². The van der Waals surface area contributed by atoms with Gasteiger partial charge < -0.3 is 25.4 Å². The summed E-state index contributed by atoms with van der Waals surface area (Å²) in [4.78, 5) is 32.8. The Morgan fingerprint density at radius 1 is 1.12 bits per heavy atom. The summed E-state index contributed by atoms with van der Waals surface area (Å²) in [5.74, 6) is -0.524. The number of ether oxygens (including phenoxy) is 2. The maximum absolute atomic E-state index is 13.5. The van der Waals surface area contributed by atoms with Gasteiger partial charge in [0, 0.05) is 23.7 Å². The van der Waals surface area contributed by atoms with Crippen LogP contribution in [-0.4, -0.2) is 48.1 Å². The summed E-state index contributed by atoms with van der Waals surface area (Å²) in [6.45, 7) is 4.24. The van der Waals surface area contributed by atoms with Crippen LogP contribution >= 0.6 is 11.6 Å². The molecule has 0 radical (unpaired) electrons. The first-order chi connectivity index (χ1) is 16.4. The van der Waals surface area contributed by atoms with Crippen molar-refractivity contribution in [1.82, 2.24) is 15.3 Å². The SMILES string of the molecule is CCCOCC(=O)NCC(=O)Nc1cc2c(Nc3ccc(F)c(Cl)c3)ncnc2cc1OCC. The predicted molar refractivity (Wildman–Crippen MR) is 128 cm³/mol. The number of hydrogen-bond donors (Lipinski definition) is 3. The van der Waals surface area contributed by atoms with Crippen LogP contribution in [0.15, 0.2) is 36.7 Å². The molecule has 0 saturated carbocycles. The van der Waals surface area contributed by atoms with Crippen molar-refractivity contribution in [3.8, 4) is 5.75 Å². The second-order valence-electron chi connectivity index (χ2n) is 7.15. The van der Waals surface area contributed by atoms with Crippen LogP contribution in [0.2, 0.25) is 5.02 Å². The molecule has 11 heteroatoms. The van der Waals surface area contributed by atoms with Crippen LogP contribution in [-0.2, 0) is 14.3 Å². The van der Waals surface area contributed by atoms with E-state index >= 15 is 0 Å². The van der Waals surface area contributed by atoms with Gasteiger partial charge in [0.25, 0.3) is 0 Å². The Morgan fingerprint density at radius 2 is 1.94 bits per heavy atom. The van der Waals surface area contributed by atoms with Gasteiger partial charge in [-0.2, -0.15) is 0 Å². The highest BCUT2D eigenvalue weighted by molar-refractivity contribution is 6.31. The van der Waals surface area contributed by atoms with E-state index in [1.54, 1.807) is 12.1 Å². The molecule has 2 amide bonds. The van der Waals surface area contributed by atoms with Gasteiger partial charge in [-0.1, -0.05) is 18.5 Å². The lowest BCUT2D eigenvalue weighted by Crippen LogP contribution is -2.35. The van der Waals surface area contributed by atoms with Crippen molar-refractivity contribution in [2.24, 2.45) is 0 Å². The number of amides is 2. The second kappa shape index (κ2) is 12.1. The number of carbonyl (C=O) groups is 2. The first-order valence-corrected chi connectivity index (χ1v) is 11.1. The lowest BCUT2D eigenvalue weighted by Gasteiger charge is -2.15. The molecule has 0 aliphatic heterocycles. The minimum Gasteiger partial charge on any atom is -0.492 e. The van der Waals surface area contributed by atoms with E-state index < -0.39 is 11.7 Å². The van der Waals surface area contributed by atoms with Crippen LogP contribution in [0.1, 0.15) is 20.3 Å². The molecular formula is C23H25ClFN5O4. The monoisotopic (exact) mass is 489 g/mol. The van der Waals surface area contributed by atoms with Crippen molar-refractivity contribution < 1.29 is 23.5 Å². The summed E-state index contributed by atoms with van der Waals surface area (Å²) in [6.07, 6.45) is 2.17. The standard InChI is InChI=1S/C23H25ClFN5O4/c1-3-7-33-12-22(32)26-11-21(31)30-19-9-15-18(10-20(19)34-4-2)27-13-28-23(15)29-14-5-6-17(25)16(24)8-14/h5-6,8-10,13H,3-4,7,11-12H2,1-2H3,(H,26,32)(H,30,31)(H,27,28,29). The zero-order valence-corrected chi connectivity index (χ0v) is 19.5. The Morgan fingerprint density at radius 3 is 2.68 bits per heavy atom.